The molecule has 0 amide bonds. The lowest BCUT2D eigenvalue weighted by Crippen LogP contribution is -2.05. The number of furan rings is 2. The molecule has 8 aromatic heterocycles. The summed E-state index contributed by atoms with van der Waals surface area (Å²) in [5.41, 5.74) is 15.2. The van der Waals surface area contributed by atoms with Gasteiger partial charge in [0.2, 0.25) is 0 Å². The zero-order valence-electron chi connectivity index (χ0n) is 39.0. The molecule has 346 valence electrons. The third-order valence-corrected chi connectivity index (χ3v) is 15.9. The lowest BCUT2D eigenvalue weighted by molar-refractivity contribution is 0.582. The van der Waals surface area contributed by atoms with Gasteiger partial charge in [0, 0.05) is 83.2 Å². The van der Waals surface area contributed by atoms with Crippen LogP contribution in [0.4, 0.5) is 0 Å². The van der Waals surface area contributed by atoms with Crippen molar-refractivity contribution in [2.24, 2.45) is 0 Å². The van der Waals surface area contributed by atoms with Crippen LogP contribution in [0.15, 0.2) is 244 Å². The zero-order valence-corrected chi connectivity index (χ0v) is 40.6. The van der Waals surface area contributed by atoms with E-state index in [2.05, 4.69) is 191 Å². The number of nitrogens with zero attached hydrogens (tertiary/aromatic N) is 3. The smallest absolute Gasteiger partial charge is 0.146 e. The molecule has 8 heterocycles. The Kier molecular flexibility index (Phi) is 10.6. The van der Waals surface area contributed by atoms with Crippen LogP contribution < -0.4 is 0 Å². The second-order valence-electron chi connectivity index (χ2n) is 17.9. The molecule has 6 aromatic carbocycles. The lowest BCUT2D eigenvalue weighted by atomic mass is 9.94. The van der Waals surface area contributed by atoms with Crippen LogP contribution in [0.1, 0.15) is 16.5 Å². The zero-order chi connectivity index (χ0) is 48.2. The van der Waals surface area contributed by atoms with Gasteiger partial charge in [-0.15, -0.1) is 23.1 Å². The number of hydrogen-bond donors (Lipinski definition) is 2. The van der Waals surface area contributed by atoms with Gasteiger partial charge < -0.3 is 18.8 Å². The summed E-state index contributed by atoms with van der Waals surface area (Å²) in [6.07, 6.45) is 7.52. The van der Waals surface area contributed by atoms with Gasteiger partial charge in [0.05, 0.1) is 51.1 Å². The van der Waals surface area contributed by atoms with Gasteiger partial charge in [0.1, 0.15) is 17.1 Å². The minimum atomic E-state index is -0.240. The topological polar surface area (TPSA) is 96.5 Å². The van der Waals surface area contributed by atoms with Crippen LogP contribution in [0.25, 0.3) is 122 Å². The highest BCUT2D eigenvalue weighted by atomic mass is 32.2. The number of hydrogen-bond acceptors (Lipinski definition) is 7. The highest BCUT2D eigenvalue weighted by Gasteiger charge is 2.31. The molecule has 0 aliphatic carbocycles. The van der Waals surface area contributed by atoms with Crippen molar-refractivity contribution in [2.75, 3.05) is 0 Å². The average molecular weight is 976 g/mol. The minimum Gasteiger partial charge on any atom is -0.464 e. The molecule has 0 fully saturated rings. The molecule has 0 spiro atoms. The molecule has 73 heavy (non-hydrogen) atoms. The normalized spacial score (nSPS) is 12.1. The Labute approximate surface area is 427 Å². The number of H-pyrrole nitrogens is 2. The Hall–Kier alpha value is -9.02. The van der Waals surface area contributed by atoms with Crippen LogP contribution in [0.3, 0.4) is 0 Å². The van der Waals surface area contributed by atoms with Crippen LogP contribution in [-0.4, -0.2) is 24.9 Å². The van der Waals surface area contributed by atoms with E-state index in [0.29, 0.717) is 0 Å². The first-order chi connectivity index (χ1) is 36.2. The molecule has 0 saturated carbocycles. The molecule has 7 nitrogen and oxygen atoms in total. The van der Waals surface area contributed by atoms with Crippen LogP contribution >= 0.6 is 23.1 Å². The quantitative estimate of drug-likeness (QED) is 0.125. The number of nitrogens with one attached hydrogen (secondary N) is 2. The maximum Gasteiger partial charge on any atom is 0.146 e. The fourth-order valence-corrected chi connectivity index (χ4v) is 12.5. The van der Waals surface area contributed by atoms with E-state index >= 15 is 0 Å². The van der Waals surface area contributed by atoms with Crippen molar-refractivity contribution in [1.29, 1.82) is 0 Å². The molecule has 1 unspecified atom stereocenters. The van der Waals surface area contributed by atoms with E-state index in [1.807, 2.05) is 42.9 Å². The number of rotatable bonds is 11. The molecular formula is C64H41N5O2S2. The molecule has 2 N–H and O–H groups in total. The number of para-hydroxylation sites is 3. The second kappa shape index (κ2) is 18.0. The minimum absolute atomic E-state index is 0.240. The van der Waals surface area contributed by atoms with Crippen LogP contribution in [0, 0.1) is 0 Å². The maximum atomic E-state index is 7.26. The highest BCUT2D eigenvalue weighted by Crippen LogP contribution is 2.53. The van der Waals surface area contributed by atoms with Gasteiger partial charge in [-0.1, -0.05) is 133 Å². The first-order valence-corrected chi connectivity index (χ1v) is 25.9. The number of thioether (sulfide) groups is 1. The predicted molar refractivity (Wildman–Crippen MR) is 300 cm³/mol. The van der Waals surface area contributed by atoms with Gasteiger partial charge in [-0.25, -0.2) is 0 Å². The predicted octanol–water partition coefficient (Wildman–Crippen LogP) is 17.9. The largest absolute Gasteiger partial charge is 0.464 e. The van der Waals surface area contributed by atoms with Crippen molar-refractivity contribution in [2.45, 2.75) is 10.1 Å². The molecule has 9 heteroatoms. The van der Waals surface area contributed by atoms with Crippen molar-refractivity contribution in [1.82, 2.24) is 24.9 Å². The van der Waals surface area contributed by atoms with Crippen LogP contribution in [-0.2, 0) is 0 Å². The Balaban J connectivity index is 0.983. The molecule has 0 aliphatic rings. The van der Waals surface area contributed by atoms with E-state index < -0.39 is 0 Å². The third-order valence-electron chi connectivity index (χ3n) is 13.7. The van der Waals surface area contributed by atoms with Crippen molar-refractivity contribution in [3.05, 3.63) is 242 Å². The third kappa shape index (κ3) is 7.39. The summed E-state index contributed by atoms with van der Waals surface area (Å²) in [5.74, 6) is 1.55. The fourth-order valence-electron chi connectivity index (χ4n) is 10.5. The Morgan fingerprint density at radius 2 is 1.30 bits per heavy atom. The van der Waals surface area contributed by atoms with E-state index in [1.165, 1.54) is 0 Å². The molecule has 0 radical (unpaired) electrons. The number of benzene rings is 6. The van der Waals surface area contributed by atoms with Crippen LogP contribution in [0.5, 0.6) is 0 Å². The molecular weight excluding hydrogens is 935 g/mol. The van der Waals surface area contributed by atoms with E-state index in [9.17, 15) is 0 Å². The SMILES string of the molecule is c1ccc(C(Sc2ccccc2-c2c(-c3c(-c4cccnc4-c4[nH]cc(-c5ccco5)c4-c4cccs4)[nH]c4ccccc34)oc3ccccc23)c2nc3ccccc3cc2-c2nccc3ccccc23)cc1. The summed E-state index contributed by atoms with van der Waals surface area (Å²) >= 11 is 3.49. The first-order valence-electron chi connectivity index (χ1n) is 24.2. The molecule has 0 aliphatic heterocycles. The molecule has 14 rings (SSSR count). The van der Waals surface area contributed by atoms with E-state index in [-0.39, 0.29) is 5.25 Å². The number of pyridine rings is 3. The summed E-state index contributed by atoms with van der Waals surface area (Å²) < 4.78 is 13.3. The number of aromatic nitrogens is 5. The molecule has 0 saturated heterocycles. The van der Waals surface area contributed by atoms with E-state index in [1.54, 1.807) is 29.4 Å². The van der Waals surface area contributed by atoms with Gasteiger partial charge in [-0.05, 0) is 88.6 Å². The number of thiophene rings is 1. The average Bonchev–Trinajstić information content (AvgIpc) is 4.33. The lowest BCUT2D eigenvalue weighted by Gasteiger charge is -2.22. The van der Waals surface area contributed by atoms with Crippen molar-refractivity contribution in [3.63, 3.8) is 0 Å². The van der Waals surface area contributed by atoms with Gasteiger partial charge in [-0.2, -0.15) is 0 Å². The molecule has 1 atom stereocenters. The maximum absolute atomic E-state index is 7.26. The summed E-state index contributed by atoms with van der Waals surface area (Å²) in [6.45, 7) is 0. The van der Waals surface area contributed by atoms with Gasteiger partial charge in [0.25, 0.3) is 0 Å². The van der Waals surface area contributed by atoms with Crippen molar-refractivity contribution in [3.8, 4) is 78.1 Å². The van der Waals surface area contributed by atoms with E-state index in [0.717, 1.165) is 138 Å². The number of fused-ring (bicyclic) bond motifs is 4. The standard InChI is InChI=1S/C64H41N5O2S2/c1-2-18-40(19-3-1)64(61-47(37-41-20-5-10-26-49(41)68-61)58-42-21-6-4-17-39(42)32-34-66-58)73-53-30-13-9-24-45(53)55-44-23-8-12-28-52(44)71-63(55)57-43-22-7-11-27-50(43)69-59(57)46-25-14-33-65-60(46)62-56(54-31-16-36-72-54)48(38-67-62)51-29-15-35-70-51/h1-38,64,67,69H. The van der Waals surface area contributed by atoms with Crippen molar-refractivity contribution >= 4 is 66.6 Å². The second-order valence-corrected chi connectivity index (χ2v) is 20.0. The summed E-state index contributed by atoms with van der Waals surface area (Å²) in [7, 11) is 0. The Bertz CT molecular complexity index is 4320. The van der Waals surface area contributed by atoms with Gasteiger partial charge >= 0.3 is 0 Å². The Morgan fingerprint density at radius 1 is 0.534 bits per heavy atom. The van der Waals surface area contributed by atoms with E-state index in [4.69, 9.17) is 23.8 Å². The number of aromatic amines is 2. The van der Waals surface area contributed by atoms with Gasteiger partial charge in [0.15, 0.2) is 0 Å². The fraction of sp³-hybridized carbons (Fsp3) is 0.0156. The van der Waals surface area contributed by atoms with Crippen molar-refractivity contribution < 1.29 is 8.83 Å². The highest BCUT2D eigenvalue weighted by molar-refractivity contribution is 7.99. The first kappa shape index (κ1) is 42.8. The van der Waals surface area contributed by atoms with Crippen LogP contribution in [0.2, 0.25) is 0 Å². The Morgan fingerprint density at radius 3 is 2.18 bits per heavy atom. The monoisotopic (exact) mass is 975 g/mol. The summed E-state index contributed by atoms with van der Waals surface area (Å²) in [5, 5.41) is 7.19. The molecule has 0 bridgehead atoms. The molecule has 14 aromatic rings. The van der Waals surface area contributed by atoms with Gasteiger partial charge in [-0.3, -0.25) is 15.0 Å². The summed E-state index contributed by atoms with van der Waals surface area (Å²) in [6, 6.07) is 69.9. The summed E-state index contributed by atoms with van der Waals surface area (Å²) in [4.78, 5) is 25.6.